The van der Waals surface area contributed by atoms with Gasteiger partial charge >= 0.3 is 11.7 Å². The van der Waals surface area contributed by atoms with Gasteiger partial charge in [0.1, 0.15) is 6.61 Å². The number of hydrogen-bond donors (Lipinski definition) is 0. The Hall–Kier alpha value is -2.28. The highest BCUT2D eigenvalue weighted by molar-refractivity contribution is 8.00. The second kappa shape index (κ2) is 7.31. The van der Waals surface area contributed by atoms with Crippen LogP contribution in [0.4, 0.5) is 0 Å². The number of hydrogen-bond acceptors (Lipinski definition) is 5. The predicted octanol–water partition coefficient (Wildman–Crippen LogP) is 1.41. The van der Waals surface area contributed by atoms with Gasteiger partial charge in [-0.05, 0) is 42.5 Å². The van der Waals surface area contributed by atoms with Crippen molar-refractivity contribution >= 4 is 17.7 Å². The lowest BCUT2D eigenvalue weighted by Gasteiger charge is -2.10. The number of carbonyl (C=O) groups is 1. The molecule has 3 rings (SSSR count). The molecule has 132 valence electrons. The lowest BCUT2D eigenvalue weighted by molar-refractivity contribution is -0.141. The van der Waals surface area contributed by atoms with Crippen LogP contribution in [0.1, 0.15) is 23.2 Å². The van der Waals surface area contributed by atoms with Gasteiger partial charge in [0, 0.05) is 25.1 Å². The molecule has 0 spiro atoms. The maximum absolute atomic E-state index is 12.0. The van der Waals surface area contributed by atoms with Crippen molar-refractivity contribution in [3.8, 4) is 0 Å². The average molecular weight is 360 g/mol. The molecule has 25 heavy (non-hydrogen) atoms. The molecule has 1 heterocycles. The van der Waals surface area contributed by atoms with E-state index >= 15 is 0 Å². The lowest BCUT2D eigenvalue weighted by atomic mass is 10.1. The second-order valence-electron chi connectivity index (χ2n) is 6.11. The van der Waals surface area contributed by atoms with Crippen LogP contribution < -0.4 is 11.2 Å². The largest absolute Gasteiger partial charge is 0.459 e. The number of fused-ring (bicyclic) bond motifs is 1. The van der Waals surface area contributed by atoms with Crippen LogP contribution in [-0.4, -0.2) is 20.9 Å². The third-order valence-corrected chi connectivity index (χ3v) is 5.40. The molecule has 1 aliphatic rings. The summed E-state index contributed by atoms with van der Waals surface area (Å²) in [6.07, 6.45) is 3.43. The Balaban J connectivity index is 1.57. The topological polar surface area (TPSA) is 70.3 Å². The number of aromatic nitrogens is 2. The highest BCUT2D eigenvalue weighted by Crippen LogP contribution is 2.27. The molecule has 7 heteroatoms. The Morgan fingerprint density at radius 2 is 1.88 bits per heavy atom. The Labute approximate surface area is 149 Å². The zero-order valence-electron chi connectivity index (χ0n) is 14.3. The third kappa shape index (κ3) is 3.87. The fourth-order valence-corrected chi connectivity index (χ4v) is 3.65. The molecule has 0 N–H and O–H groups in total. The summed E-state index contributed by atoms with van der Waals surface area (Å²) in [6.45, 7) is -0.0919. The fourth-order valence-electron chi connectivity index (χ4n) is 2.89. The van der Waals surface area contributed by atoms with Gasteiger partial charge in [-0.3, -0.25) is 18.7 Å². The minimum absolute atomic E-state index is 0.0919. The number of benzene rings is 1. The molecule has 2 aromatic rings. The van der Waals surface area contributed by atoms with Crippen molar-refractivity contribution in [3.05, 3.63) is 61.9 Å². The Morgan fingerprint density at radius 1 is 1.12 bits per heavy atom. The molecule has 0 saturated heterocycles. The van der Waals surface area contributed by atoms with Crippen LogP contribution in [0.5, 0.6) is 0 Å². The molecule has 0 fully saturated rings. The van der Waals surface area contributed by atoms with Crippen molar-refractivity contribution < 1.29 is 9.53 Å². The van der Waals surface area contributed by atoms with Crippen molar-refractivity contribution in [2.45, 2.75) is 30.8 Å². The van der Waals surface area contributed by atoms with Crippen molar-refractivity contribution in [1.29, 1.82) is 0 Å². The SMILES string of the molecule is Cn1c(COC(=O)CSc2ccc3c(c2)CCC3)cc(=O)n(C)c1=O. The van der Waals surface area contributed by atoms with Gasteiger partial charge in [0.15, 0.2) is 0 Å². The first kappa shape index (κ1) is 17.5. The minimum atomic E-state index is -0.439. The Kier molecular flexibility index (Phi) is 5.13. The van der Waals surface area contributed by atoms with Gasteiger partial charge in [-0.1, -0.05) is 6.07 Å². The Bertz CT molecular complexity index is 930. The van der Waals surface area contributed by atoms with E-state index in [4.69, 9.17) is 4.74 Å². The fraction of sp³-hybridized carbons (Fsp3) is 0.389. The predicted molar refractivity (Wildman–Crippen MR) is 95.9 cm³/mol. The van der Waals surface area contributed by atoms with Crippen LogP contribution >= 0.6 is 11.8 Å². The Morgan fingerprint density at radius 3 is 2.68 bits per heavy atom. The maximum Gasteiger partial charge on any atom is 0.330 e. The summed E-state index contributed by atoms with van der Waals surface area (Å²) in [5.74, 6) is -0.184. The molecular formula is C18H20N2O4S. The van der Waals surface area contributed by atoms with E-state index in [2.05, 4.69) is 12.1 Å². The molecule has 0 atom stereocenters. The molecule has 1 aromatic carbocycles. The molecule has 0 unspecified atom stereocenters. The maximum atomic E-state index is 12.0. The smallest absolute Gasteiger partial charge is 0.330 e. The average Bonchev–Trinajstić information content (AvgIpc) is 3.07. The van der Waals surface area contributed by atoms with Crippen LogP contribution in [0.25, 0.3) is 0 Å². The van der Waals surface area contributed by atoms with Crippen LogP contribution in [0.2, 0.25) is 0 Å². The standard InChI is InChI=1S/C18H20N2O4S/c1-19-14(9-16(21)20(2)18(19)23)10-24-17(22)11-25-15-7-6-12-4-3-5-13(12)8-15/h6-9H,3-5,10-11H2,1-2H3. The van der Waals surface area contributed by atoms with Gasteiger partial charge in [0.05, 0.1) is 11.4 Å². The summed E-state index contributed by atoms with van der Waals surface area (Å²) in [4.78, 5) is 36.5. The molecular weight excluding hydrogens is 340 g/mol. The van der Waals surface area contributed by atoms with E-state index in [1.54, 1.807) is 7.05 Å². The van der Waals surface area contributed by atoms with Crippen molar-refractivity contribution in [2.24, 2.45) is 14.1 Å². The summed E-state index contributed by atoms with van der Waals surface area (Å²) < 4.78 is 7.52. The van der Waals surface area contributed by atoms with E-state index in [1.807, 2.05) is 6.07 Å². The van der Waals surface area contributed by atoms with Crippen molar-refractivity contribution in [2.75, 3.05) is 5.75 Å². The minimum Gasteiger partial charge on any atom is -0.459 e. The molecule has 1 aliphatic carbocycles. The summed E-state index contributed by atoms with van der Waals surface area (Å²) in [5.41, 5.74) is 2.30. The number of rotatable bonds is 5. The van der Waals surface area contributed by atoms with Gasteiger partial charge in [0.2, 0.25) is 0 Å². The van der Waals surface area contributed by atoms with Crippen molar-refractivity contribution in [3.63, 3.8) is 0 Å². The third-order valence-electron chi connectivity index (χ3n) is 4.43. The van der Waals surface area contributed by atoms with E-state index < -0.39 is 11.2 Å². The molecule has 1 aromatic heterocycles. The van der Waals surface area contributed by atoms with Gasteiger partial charge in [0.25, 0.3) is 5.56 Å². The summed E-state index contributed by atoms with van der Waals surface area (Å²) in [7, 11) is 2.96. The van der Waals surface area contributed by atoms with Gasteiger partial charge in [-0.2, -0.15) is 0 Å². The zero-order chi connectivity index (χ0) is 18.0. The van der Waals surface area contributed by atoms with Crippen LogP contribution in [0.15, 0.2) is 38.8 Å². The number of thioether (sulfide) groups is 1. The normalized spacial score (nSPS) is 12.9. The molecule has 0 aliphatic heterocycles. The number of esters is 1. The van der Waals surface area contributed by atoms with Gasteiger partial charge in [-0.25, -0.2) is 4.79 Å². The number of ether oxygens (including phenoxy) is 1. The first-order chi connectivity index (χ1) is 12.0. The first-order valence-electron chi connectivity index (χ1n) is 8.12. The highest BCUT2D eigenvalue weighted by Gasteiger charge is 2.13. The molecule has 0 saturated carbocycles. The van der Waals surface area contributed by atoms with E-state index in [-0.39, 0.29) is 18.3 Å². The van der Waals surface area contributed by atoms with E-state index in [1.165, 1.54) is 47.0 Å². The highest BCUT2D eigenvalue weighted by atomic mass is 32.2. The summed E-state index contributed by atoms with van der Waals surface area (Å²) in [6, 6.07) is 7.62. The van der Waals surface area contributed by atoms with Gasteiger partial charge in [-0.15, -0.1) is 11.8 Å². The summed E-state index contributed by atoms with van der Waals surface area (Å²) >= 11 is 1.43. The van der Waals surface area contributed by atoms with Crippen LogP contribution in [-0.2, 0) is 43.1 Å². The van der Waals surface area contributed by atoms with Crippen molar-refractivity contribution in [1.82, 2.24) is 9.13 Å². The van der Waals surface area contributed by atoms with Crippen LogP contribution in [0, 0.1) is 0 Å². The zero-order valence-corrected chi connectivity index (χ0v) is 15.1. The lowest BCUT2D eigenvalue weighted by Crippen LogP contribution is -2.38. The molecule has 0 amide bonds. The van der Waals surface area contributed by atoms with Gasteiger partial charge < -0.3 is 4.74 Å². The molecule has 0 radical (unpaired) electrons. The molecule has 0 bridgehead atoms. The van der Waals surface area contributed by atoms with E-state index in [0.717, 1.165) is 22.3 Å². The van der Waals surface area contributed by atoms with E-state index in [0.29, 0.717) is 5.69 Å². The second-order valence-corrected chi connectivity index (χ2v) is 7.16. The number of nitrogens with zero attached hydrogens (tertiary/aromatic N) is 2. The van der Waals surface area contributed by atoms with Crippen LogP contribution in [0.3, 0.4) is 0 Å². The first-order valence-corrected chi connectivity index (χ1v) is 9.10. The summed E-state index contributed by atoms with van der Waals surface area (Å²) in [5, 5.41) is 0. The quantitative estimate of drug-likeness (QED) is 0.596. The number of aryl methyl sites for hydroxylation is 2. The molecule has 6 nitrogen and oxygen atoms in total. The monoisotopic (exact) mass is 360 g/mol. The number of carbonyl (C=O) groups excluding carboxylic acids is 1. The van der Waals surface area contributed by atoms with E-state index in [9.17, 15) is 14.4 Å².